The number of carbonyl (C=O) groups excluding carboxylic acids is 2. The van der Waals surface area contributed by atoms with E-state index in [0.717, 1.165) is 24.8 Å². The third kappa shape index (κ3) is 4.68. The maximum Gasteiger partial charge on any atom is 0.311 e. The lowest BCUT2D eigenvalue weighted by Gasteiger charge is -2.27. The number of halogens is 1. The number of hydrogen-bond donors (Lipinski definition) is 1. The van der Waals surface area contributed by atoms with Gasteiger partial charge in [-0.2, -0.15) is 0 Å². The zero-order chi connectivity index (χ0) is 20.1. The molecule has 1 N–H and O–H groups in total. The van der Waals surface area contributed by atoms with Gasteiger partial charge in [-0.15, -0.1) is 0 Å². The highest BCUT2D eigenvalue weighted by Gasteiger charge is 2.25. The van der Waals surface area contributed by atoms with Gasteiger partial charge in [0.05, 0.1) is 19.6 Å². The molecule has 5 nitrogen and oxygen atoms in total. The molecule has 1 amide bonds. The Morgan fingerprint density at radius 2 is 2.04 bits per heavy atom. The molecule has 0 unspecified atom stereocenters. The first-order chi connectivity index (χ1) is 13.5. The molecule has 2 aromatic carbocycles. The number of aryl methyl sites for hydroxylation is 1. The minimum absolute atomic E-state index is 0.0747. The third-order valence-electron chi connectivity index (χ3n) is 4.93. The first-order valence-corrected chi connectivity index (χ1v) is 9.38. The van der Waals surface area contributed by atoms with Crippen LogP contribution in [0.3, 0.4) is 0 Å². The molecule has 0 aromatic heterocycles. The van der Waals surface area contributed by atoms with Crippen molar-refractivity contribution in [3.8, 4) is 5.75 Å². The highest BCUT2D eigenvalue weighted by atomic mass is 19.1. The maximum absolute atomic E-state index is 13.7. The molecule has 1 aliphatic carbocycles. The summed E-state index contributed by atoms with van der Waals surface area (Å²) in [6, 6.07) is 12.2. The van der Waals surface area contributed by atoms with Crippen molar-refractivity contribution >= 4 is 11.9 Å². The molecule has 1 aliphatic rings. The number of rotatable bonds is 6. The van der Waals surface area contributed by atoms with Crippen molar-refractivity contribution < 1.29 is 23.5 Å². The Bertz CT molecular complexity index is 867. The Balaban J connectivity index is 1.56. The van der Waals surface area contributed by atoms with Gasteiger partial charge in [-0.3, -0.25) is 9.59 Å². The fraction of sp³-hybridized carbons (Fsp3) is 0.364. The summed E-state index contributed by atoms with van der Waals surface area (Å²) in [5, 5.41) is 2.98. The molecular formula is C22H24FNO4. The highest BCUT2D eigenvalue weighted by molar-refractivity contribution is 5.84. The van der Waals surface area contributed by atoms with Crippen LogP contribution in [-0.2, 0) is 27.2 Å². The fourth-order valence-electron chi connectivity index (χ4n) is 3.47. The van der Waals surface area contributed by atoms with Gasteiger partial charge in [-0.05, 0) is 55.0 Å². The van der Waals surface area contributed by atoms with Crippen molar-refractivity contribution in [1.29, 1.82) is 0 Å². The Hall–Kier alpha value is -2.89. The van der Waals surface area contributed by atoms with E-state index >= 15 is 0 Å². The van der Waals surface area contributed by atoms with E-state index in [-0.39, 0.29) is 24.1 Å². The minimum Gasteiger partial charge on any atom is -0.494 e. The minimum atomic E-state index is -0.926. The van der Waals surface area contributed by atoms with E-state index in [2.05, 4.69) is 11.4 Å². The van der Waals surface area contributed by atoms with Crippen LogP contribution in [0.5, 0.6) is 5.75 Å². The molecule has 0 spiro atoms. The molecule has 3 rings (SSSR count). The van der Waals surface area contributed by atoms with Crippen molar-refractivity contribution in [2.45, 2.75) is 44.8 Å². The second kappa shape index (κ2) is 8.87. The van der Waals surface area contributed by atoms with Crippen LogP contribution >= 0.6 is 0 Å². The van der Waals surface area contributed by atoms with E-state index in [1.54, 1.807) is 6.07 Å². The second-order valence-corrected chi connectivity index (χ2v) is 6.93. The van der Waals surface area contributed by atoms with Crippen LogP contribution in [-0.4, -0.2) is 25.1 Å². The first kappa shape index (κ1) is 19.9. The topological polar surface area (TPSA) is 64.6 Å². The summed E-state index contributed by atoms with van der Waals surface area (Å²) in [5.41, 5.74) is 2.82. The molecule has 2 aromatic rings. The molecule has 0 saturated carbocycles. The largest absolute Gasteiger partial charge is 0.494 e. The van der Waals surface area contributed by atoms with Gasteiger partial charge in [-0.25, -0.2) is 4.39 Å². The first-order valence-electron chi connectivity index (χ1n) is 9.38. The number of ether oxygens (including phenoxy) is 2. The van der Waals surface area contributed by atoms with E-state index in [0.29, 0.717) is 5.56 Å². The van der Waals surface area contributed by atoms with Crippen LogP contribution in [0.1, 0.15) is 42.5 Å². The summed E-state index contributed by atoms with van der Waals surface area (Å²) in [4.78, 5) is 24.6. The van der Waals surface area contributed by atoms with E-state index in [9.17, 15) is 14.0 Å². The lowest BCUT2D eigenvalue weighted by Crippen LogP contribution is -2.39. The molecule has 6 heteroatoms. The van der Waals surface area contributed by atoms with Gasteiger partial charge in [0.25, 0.3) is 5.91 Å². The summed E-state index contributed by atoms with van der Waals surface area (Å²) < 4.78 is 23.8. The Morgan fingerprint density at radius 1 is 1.25 bits per heavy atom. The average molecular weight is 385 g/mol. The normalized spacial score (nSPS) is 16.6. The quantitative estimate of drug-likeness (QED) is 0.773. The molecule has 148 valence electrons. The molecule has 0 heterocycles. The van der Waals surface area contributed by atoms with Crippen LogP contribution in [0.4, 0.5) is 4.39 Å². The van der Waals surface area contributed by atoms with Gasteiger partial charge >= 0.3 is 5.97 Å². The molecule has 0 aliphatic heterocycles. The van der Waals surface area contributed by atoms with Gasteiger partial charge in [0.1, 0.15) is 0 Å². The maximum atomic E-state index is 13.7. The Kier molecular flexibility index (Phi) is 6.29. The second-order valence-electron chi connectivity index (χ2n) is 6.93. The predicted octanol–water partition coefficient (Wildman–Crippen LogP) is 3.50. The van der Waals surface area contributed by atoms with E-state index < -0.39 is 17.9 Å². The van der Waals surface area contributed by atoms with Crippen molar-refractivity contribution in [3.63, 3.8) is 0 Å². The van der Waals surface area contributed by atoms with Gasteiger partial charge in [0.15, 0.2) is 17.7 Å². The Morgan fingerprint density at radius 3 is 2.79 bits per heavy atom. The number of amides is 1. The predicted molar refractivity (Wildman–Crippen MR) is 102 cm³/mol. The molecule has 0 radical (unpaired) electrons. The van der Waals surface area contributed by atoms with E-state index in [1.807, 2.05) is 18.2 Å². The van der Waals surface area contributed by atoms with Gasteiger partial charge in [0, 0.05) is 0 Å². The fourth-order valence-corrected chi connectivity index (χ4v) is 3.47. The van der Waals surface area contributed by atoms with Crippen LogP contribution < -0.4 is 10.1 Å². The average Bonchev–Trinajstić information content (AvgIpc) is 2.68. The van der Waals surface area contributed by atoms with Crippen molar-refractivity contribution in [1.82, 2.24) is 5.32 Å². The van der Waals surface area contributed by atoms with Crippen molar-refractivity contribution in [3.05, 3.63) is 65.0 Å². The highest BCUT2D eigenvalue weighted by Crippen LogP contribution is 2.29. The molecule has 28 heavy (non-hydrogen) atoms. The van der Waals surface area contributed by atoms with Crippen LogP contribution in [0.2, 0.25) is 0 Å². The molecular weight excluding hydrogens is 361 g/mol. The standard InChI is InChI=1S/C22H24FNO4/c1-14(28-21(25)13-15-10-11-20(27-2)18(23)12-15)22(26)24-19-9-5-7-16-6-3-4-8-17(16)19/h3-4,6,8,10-12,14,19H,5,7,9,13H2,1-2H3,(H,24,26)/t14-,19+/m0/s1. The SMILES string of the molecule is COc1ccc(CC(=O)O[C@@H](C)C(=O)N[C@@H]2CCCc3ccccc32)cc1F. The van der Waals surface area contributed by atoms with E-state index in [4.69, 9.17) is 9.47 Å². The zero-order valence-corrected chi connectivity index (χ0v) is 16.0. The molecule has 0 bridgehead atoms. The smallest absolute Gasteiger partial charge is 0.311 e. The number of esters is 1. The number of methoxy groups -OCH3 is 1. The zero-order valence-electron chi connectivity index (χ0n) is 16.0. The lowest BCUT2D eigenvalue weighted by molar-refractivity contribution is -0.154. The number of benzene rings is 2. The monoisotopic (exact) mass is 385 g/mol. The van der Waals surface area contributed by atoms with Gasteiger partial charge < -0.3 is 14.8 Å². The summed E-state index contributed by atoms with van der Waals surface area (Å²) in [6.45, 7) is 1.54. The molecule has 0 fully saturated rings. The Labute approximate surface area is 163 Å². The van der Waals surface area contributed by atoms with Crippen LogP contribution in [0, 0.1) is 5.82 Å². The van der Waals surface area contributed by atoms with Crippen LogP contribution in [0.15, 0.2) is 42.5 Å². The lowest BCUT2D eigenvalue weighted by atomic mass is 9.87. The third-order valence-corrected chi connectivity index (χ3v) is 4.93. The molecule has 0 saturated heterocycles. The van der Waals surface area contributed by atoms with Crippen molar-refractivity contribution in [2.24, 2.45) is 0 Å². The number of carbonyl (C=O) groups is 2. The number of nitrogens with one attached hydrogen (secondary N) is 1. The summed E-state index contributed by atoms with van der Waals surface area (Å²) in [5.74, 6) is -1.36. The summed E-state index contributed by atoms with van der Waals surface area (Å²) in [6.07, 6.45) is 1.81. The number of hydrogen-bond acceptors (Lipinski definition) is 4. The van der Waals surface area contributed by atoms with Crippen LogP contribution in [0.25, 0.3) is 0 Å². The number of fused-ring (bicyclic) bond motifs is 1. The van der Waals surface area contributed by atoms with Gasteiger partial charge in [-0.1, -0.05) is 30.3 Å². The van der Waals surface area contributed by atoms with E-state index in [1.165, 1.54) is 31.7 Å². The summed E-state index contributed by atoms with van der Waals surface area (Å²) in [7, 11) is 1.37. The van der Waals surface area contributed by atoms with Crippen molar-refractivity contribution in [2.75, 3.05) is 7.11 Å². The summed E-state index contributed by atoms with van der Waals surface area (Å²) >= 11 is 0. The van der Waals surface area contributed by atoms with Gasteiger partial charge in [0.2, 0.25) is 0 Å². The molecule has 2 atom stereocenters.